The fraction of sp³-hybridized carbons (Fsp3) is 0.778. The molecule has 0 aromatic carbocycles. The predicted molar refractivity (Wildman–Crippen MR) is 90.6 cm³/mol. The van der Waals surface area contributed by atoms with Gasteiger partial charge in [0, 0.05) is 37.5 Å². The molecule has 0 saturated carbocycles. The van der Waals surface area contributed by atoms with Crippen molar-refractivity contribution in [3.05, 3.63) is 18.0 Å². The quantitative estimate of drug-likeness (QED) is 0.891. The van der Waals surface area contributed by atoms with Gasteiger partial charge in [-0.25, -0.2) is 0 Å². The van der Waals surface area contributed by atoms with E-state index in [0.717, 1.165) is 51.8 Å². The third kappa shape index (κ3) is 3.64. The van der Waals surface area contributed by atoms with Crippen LogP contribution in [0.1, 0.15) is 50.6 Å². The van der Waals surface area contributed by atoms with Crippen LogP contribution < -0.4 is 0 Å². The van der Waals surface area contributed by atoms with E-state index in [9.17, 15) is 4.79 Å². The number of aliphatic hydroxyl groups excluding tert-OH is 1. The molecule has 0 radical (unpaired) electrons. The van der Waals surface area contributed by atoms with Gasteiger partial charge in [-0.1, -0.05) is 6.92 Å². The second-order valence-corrected chi connectivity index (χ2v) is 6.87. The lowest BCUT2D eigenvalue weighted by atomic mass is 9.88. The Labute approximate surface area is 143 Å². The zero-order valence-electron chi connectivity index (χ0n) is 14.6. The van der Waals surface area contributed by atoms with Crippen molar-refractivity contribution in [1.82, 2.24) is 14.7 Å². The third-order valence-electron chi connectivity index (χ3n) is 5.45. The maximum Gasteiger partial charge on any atom is 0.228 e. The van der Waals surface area contributed by atoms with E-state index in [1.54, 1.807) is 6.20 Å². The SMILES string of the molecule is CCC1OCCCC1C(=O)N1CCC(c2ccnn2CCO)CC1. The van der Waals surface area contributed by atoms with Crippen LogP contribution in [0.15, 0.2) is 12.3 Å². The normalized spacial score (nSPS) is 25.8. The Balaban J connectivity index is 1.58. The molecule has 134 valence electrons. The maximum atomic E-state index is 12.9. The standard InChI is InChI=1S/C18H29N3O3/c1-2-17-15(4-3-13-24-17)18(23)20-9-6-14(7-10-20)16-5-8-19-21(16)11-12-22/h5,8,14-15,17,22H,2-4,6-7,9-13H2,1H3. The van der Waals surface area contributed by atoms with Gasteiger partial charge < -0.3 is 14.7 Å². The van der Waals surface area contributed by atoms with E-state index < -0.39 is 0 Å². The molecule has 2 saturated heterocycles. The summed E-state index contributed by atoms with van der Waals surface area (Å²) in [6.07, 6.45) is 6.68. The lowest BCUT2D eigenvalue weighted by Gasteiger charge is -2.38. The molecule has 2 unspecified atom stereocenters. The topological polar surface area (TPSA) is 67.6 Å². The smallest absolute Gasteiger partial charge is 0.228 e. The number of hydrogen-bond acceptors (Lipinski definition) is 4. The summed E-state index contributed by atoms with van der Waals surface area (Å²) < 4.78 is 7.68. The minimum atomic E-state index is 0.0419. The number of piperidine rings is 1. The molecule has 6 nitrogen and oxygen atoms in total. The average molecular weight is 335 g/mol. The molecular formula is C18H29N3O3. The van der Waals surface area contributed by atoms with E-state index >= 15 is 0 Å². The van der Waals surface area contributed by atoms with Gasteiger partial charge in [0.1, 0.15) is 0 Å². The first kappa shape index (κ1) is 17.4. The summed E-state index contributed by atoms with van der Waals surface area (Å²) in [6.45, 7) is 5.15. The van der Waals surface area contributed by atoms with Gasteiger partial charge in [-0.15, -0.1) is 0 Å². The highest BCUT2D eigenvalue weighted by Gasteiger charge is 2.35. The molecule has 2 atom stereocenters. The molecule has 3 heterocycles. The van der Waals surface area contributed by atoms with Crippen molar-refractivity contribution in [1.29, 1.82) is 0 Å². The fourth-order valence-corrected chi connectivity index (χ4v) is 4.13. The summed E-state index contributed by atoms with van der Waals surface area (Å²) in [5.41, 5.74) is 1.18. The molecule has 0 bridgehead atoms. The number of carbonyl (C=O) groups is 1. The van der Waals surface area contributed by atoms with Gasteiger partial charge >= 0.3 is 0 Å². The summed E-state index contributed by atoms with van der Waals surface area (Å²) in [7, 11) is 0. The van der Waals surface area contributed by atoms with Gasteiger partial charge in [-0.2, -0.15) is 5.10 Å². The van der Waals surface area contributed by atoms with Crippen molar-refractivity contribution in [3.8, 4) is 0 Å². The number of amides is 1. The van der Waals surface area contributed by atoms with Crippen LogP contribution in [0.3, 0.4) is 0 Å². The molecule has 24 heavy (non-hydrogen) atoms. The number of aliphatic hydroxyl groups is 1. The largest absolute Gasteiger partial charge is 0.394 e. The number of hydrogen-bond donors (Lipinski definition) is 1. The highest BCUT2D eigenvalue weighted by Crippen LogP contribution is 2.31. The van der Waals surface area contributed by atoms with Gasteiger partial charge in [0.05, 0.1) is 25.2 Å². The first-order valence-corrected chi connectivity index (χ1v) is 9.27. The predicted octanol–water partition coefficient (Wildman–Crippen LogP) is 1.79. The van der Waals surface area contributed by atoms with Crippen LogP contribution in [-0.2, 0) is 16.1 Å². The van der Waals surface area contributed by atoms with Gasteiger partial charge in [-0.05, 0) is 38.2 Å². The fourth-order valence-electron chi connectivity index (χ4n) is 4.13. The number of aromatic nitrogens is 2. The lowest BCUT2D eigenvalue weighted by molar-refractivity contribution is -0.146. The summed E-state index contributed by atoms with van der Waals surface area (Å²) in [4.78, 5) is 14.9. The Morgan fingerprint density at radius 2 is 2.17 bits per heavy atom. The number of ether oxygens (including phenoxy) is 1. The lowest BCUT2D eigenvalue weighted by Crippen LogP contribution is -2.46. The van der Waals surface area contributed by atoms with E-state index in [-0.39, 0.29) is 24.5 Å². The zero-order valence-corrected chi connectivity index (χ0v) is 14.6. The number of carbonyl (C=O) groups excluding carboxylic acids is 1. The molecule has 1 N–H and O–H groups in total. The van der Waals surface area contributed by atoms with Crippen molar-refractivity contribution >= 4 is 5.91 Å². The van der Waals surface area contributed by atoms with Crippen LogP contribution in [0.2, 0.25) is 0 Å². The molecule has 3 rings (SSSR count). The van der Waals surface area contributed by atoms with Crippen molar-refractivity contribution < 1.29 is 14.6 Å². The van der Waals surface area contributed by atoms with Crippen molar-refractivity contribution in [3.63, 3.8) is 0 Å². The minimum absolute atomic E-state index is 0.0419. The monoisotopic (exact) mass is 335 g/mol. The van der Waals surface area contributed by atoms with E-state index in [0.29, 0.717) is 12.5 Å². The number of likely N-dealkylation sites (tertiary alicyclic amines) is 1. The van der Waals surface area contributed by atoms with Crippen molar-refractivity contribution in [2.24, 2.45) is 5.92 Å². The van der Waals surface area contributed by atoms with E-state index in [4.69, 9.17) is 9.84 Å². The van der Waals surface area contributed by atoms with E-state index in [2.05, 4.69) is 12.0 Å². The molecule has 2 fully saturated rings. The van der Waals surface area contributed by atoms with Crippen LogP contribution in [0.5, 0.6) is 0 Å². The van der Waals surface area contributed by atoms with Crippen LogP contribution in [0, 0.1) is 5.92 Å². The Morgan fingerprint density at radius 3 is 2.88 bits per heavy atom. The highest BCUT2D eigenvalue weighted by atomic mass is 16.5. The highest BCUT2D eigenvalue weighted by molar-refractivity contribution is 5.79. The van der Waals surface area contributed by atoms with Crippen LogP contribution in [0.4, 0.5) is 0 Å². The first-order valence-electron chi connectivity index (χ1n) is 9.27. The summed E-state index contributed by atoms with van der Waals surface area (Å²) >= 11 is 0. The zero-order chi connectivity index (χ0) is 16.9. The molecule has 2 aliphatic heterocycles. The van der Waals surface area contributed by atoms with Gasteiger partial charge in [-0.3, -0.25) is 9.48 Å². The second kappa shape index (κ2) is 8.12. The minimum Gasteiger partial charge on any atom is -0.394 e. The van der Waals surface area contributed by atoms with Crippen molar-refractivity contribution in [2.45, 2.75) is 57.6 Å². The average Bonchev–Trinajstić information content (AvgIpc) is 3.10. The van der Waals surface area contributed by atoms with Gasteiger partial charge in [0.2, 0.25) is 5.91 Å². The summed E-state index contributed by atoms with van der Waals surface area (Å²) in [5, 5.41) is 13.4. The Morgan fingerprint density at radius 1 is 1.38 bits per heavy atom. The van der Waals surface area contributed by atoms with Gasteiger partial charge in [0.15, 0.2) is 0 Å². The molecule has 2 aliphatic rings. The Kier molecular flexibility index (Phi) is 5.89. The summed E-state index contributed by atoms with van der Waals surface area (Å²) in [6, 6.07) is 2.04. The molecule has 1 aromatic rings. The van der Waals surface area contributed by atoms with Crippen LogP contribution in [0.25, 0.3) is 0 Å². The van der Waals surface area contributed by atoms with Crippen LogP contribution >= 0.6 is 0 Å². The third-order valence-corrected chi connectivity index (χ3v) is 5.45. The molecule has 0 aliphatic carbocycles. The molecule has 1 aromatic heterocycles. The number of nitrogens with zero attached hydrogens (tertiary/aromatic N) is 3. The molecular weight excluding hydrogens is 306 g/mol. The van der Waals surface area contributed by atoms with E-state index in [1.165, 1.54) is 5.69 Å². The maximum absolute atomic E-state index is 12.9. The summed E-state index contributed by atoms with van der Waals surface area (Å²) in [5.74, 6) is 0.747. The first-order chi connectivity index (χ1) is 11.7. The van der Waals surface area contributed by atoms with Gasteiger partial charge in [0.25, 0.3) is 0 Å². The molecule has 6 heteroatoms. The van der Waals surface area contributed by atoms with Crippen LogP contribution in [-0.4, -0.2) is 58.1 Å². The van der Waals surface area contributed by atoms with E-state index in [1.807, 2.05) is 15.6 Å². The molecule has 0 spiro atoms. The number of rotatable bonds is 5. The second-order valence-electron chi connectivity index (χ2n) is 6.87. The Hall–Kier alpha value is -1.40. The molecule has 1 amide bonds. The Bertz CT molecular complexity index is 537. The van der Waals surface area contributed by atoms with Crippen molar-refractivity contribution in [2.75, 3.05) is 26.3 Å².